The van der Waals surface area contributed by atoms with Crippen molar-refractivity contribution < 1.29 is 0 Å². The van der Waals surface area contributed by atoms with Crippen LogP contribution in [-0.4, -0.2) is 9.78 Å². The molecule has 0 spiro atoms. The van der Waals surface area contributed by atoms with E-state index in [-0.39, 0.29) is 10.8 Å². The number of aromatic nitrogens is 2. The molecule has 0 aliphatic rings. The molecule has 1 aromatic carbocycles. The number of aryl methyl sites for hydroxylation is 1. The van der Waals surface area contributed by atoms with Crippen molar-refractivity contribution >= 4 is 10.9 Å². The Bertz CT molecular complexity index is 577. The minimum absolute atomic E-state index is 0.0794. The lowest BCUT2D eigenvalue weighted by atomic mass is 9.83. The van der Waals surface area contributed by atoms with Gasteiger partial charge in [0.15, 0.2) is 0 Å². The summed E-state index contributed by atoms with van der Waals surface area (Å²) in [5.74, 6) is 0. The lowest BCUT2D eigenvalue weighted by Crippen LogP contribution is -2.13. The Kier molecular flexibility index (Phi) is 2.80. The third-order valence-corrected chi connectivity index (χ3v) is 3.38. The molecule has 2 nitrogen and oxygen atoms in total. The highest BCUT2D eigenvalue weighted by molar-refractivity contribution is 5.86. The lowest BCUT2D eigenvalue weighted by molar-refractivity contribution is 0.556. The van der Waals surface area contributed by atoms with Crippen LogP contribution < -0.4 is 0 Å². The molecule has 18 heavy (non-hydrogen) atoms. The van der Waals surface area contributed by atoms with Gasteiger partial charge in [0.25, 0.3) is 0 Å². The number of hydrogen-bond acceptors (Lipinski definition) is 1. The van der Waals surface area contributed by atoms with E-state index < -0.39 is 0 Å². The smallest absolute Gasteiger partial charge is 0.0756 e. The van der Waals surface area contributed by atoms with Crippen molar-refractivity contribution in [1.29, 1.82) is 0 Å². The fourth-order valence-electron chi connectivity index (χ4n) is 2.50. The lowest BCUT2D eigenvalue weighted by Gasteiger charge is -2.21. The SMILES string of the molecule is Cn1nc(C(C)(C)C)c2cccc(C(C)(C)C)c21. The summed E-state index contributed by atoms with van der Waals surface area (Å²) >= 11 is 0. The van der Waals surface area contributed by atoms with E-state index in [0.29, 0.717) is 0 Å². The van der Waals surface area contributed by atoms with Crippen LogP contribution in [0.3, 0.4) is 0 Å². The van der Waals surface area contributed by atoms with Gasteiger partial charge in [-0.1, -0.05) is 59.7 Å². The first-order valence-corrected chi connectivity index (χ1v) is 6.59. The maximum Gasteiger partial charge on any atom is 0.0756 e. The first-order valence-electron chi connectivity index (χ1n) is 6.59. The van der Waals surface area contributed by atoms with Crippen LogP contribution in [0.2, 0.25) is 0 Å². The monoisotopic (exact) mass is 244 g/mol. The van der Waals surface area contributed by atoms with Crippen LogP contribution in [0.4, 0.5) is 0 Å². The number of benzene rings is 1. The third kappa shape index (κ3) is 2.05. The standard InChI is InChI=1S/C16H24N2/c1-15(2,3)12-10-8-9-11-13(12)18(7)17-14(11)16(4,5)6/h8-10H,1-7H3. The minimum Gasteiger partial charge on any atom is -0.267 e. The highest BCUT2D eigenvalue weighted by atomic mass is 15.3. The number of fused-ring (bicyclic) bond motifs is 1. The van der Waals surface area contributed by atoms with E-state index >= 15 is 0 Å². The van der Waals surface area contributed by atoms with Gasteiger partial charge in [0, 0.05) is 17.8 Å². The molecule has 0 aliphatic heterocycles. The molecule has 0 saturated carbocycles. The summed E-state index contributed by atoms with van der Waals surface area (Å²) < 4.78 is 2.04. The maximum atomic E-state index is 4.75. The second kappa shape index (κ2) is 3.84. The summed E-state index contributed by atoms with van der Waals surface area (Å²) in [6.07, 6.45) is 0. The molecular formula is C16H24N2. The van der Waals surface area contributed by atoms with E-state index in [4.69, 9.17) is 5.10 Å². The molecule has 0 aliphatic carbocycles. The van der Waals surface area contributed by atoms with E-state index in [1.54, 1.807) is 0 Å². The number of rotatable bonds is 0. The molecular weight excluding hydrogens is 220 g/mol. The van der Waals surface area contributed by atoms with Crippen molar-refractivity contribution in [2.45, 2.75) is 52.4 Å². The zero-order chi connectivity index (χ0) is 13.7. The van der Waals surface area contributed by atoms with E-state index in [1.807, 2.05) is 11.7 Å². The van der Waals surface area contributed by atoms with Crippen LogP contribution in [0.25, 0.3) is 10.9 Å². The van der Waals surface area contributed by atoms with Gasteiger partial charge in [-0.25, -0.2) is 0 Å². The quantitative estimate of drug-likeness (QED) is 0.680. The van der Waals surface area contributed by atoms with Crippen molar-refractivity contribution in [2.75, 3.05) is 0 Å². The predicted octanol–water partition coefficient (Wildman–Crippen LogP) is 4.17. The first kappa shape index (κ1) is 13.1. The molecule has 0 N–H and O–H groups in total. The van der Waals surface area contributed by atoms with Crippen molar-refractivity contribution in [3.8, 4) is 0 Å². The summed E-state index contributed by atoms with van der Waals surface area (Å²) in [6, 6.07) is 6.56. The Hall–Kier alpha value is -1.31. The normalized spacial score (nSPS) is 13.3. The van der Waals surface area contributed by atoms with Gasteiger partial charge in [-0.2, -0.15) is 5.10 Å². The Morgan fingerprint density at radius 3 is 2.06 bits per heavy atom. The average molecular weight is 244 g/mol. The molecule has 2 heteroatoms. The maximum absolute atomic E-state index is 4.75. The highest BCUT2D eigenvalue weighted by Crippen LogP contribution is 2.34. The fourth-order valence-corrected chi connectivity index (χ4v) is 2.50. The molecule has 0 bridgehead atoms. The second-order valence-electron chi connectivity index (χ2n) is 7.17. The second-order valence-corrected chi connectivity index (χ2v) is 7.17. The first-order chi connectivity index (χ1) is 8.12. The summed E-state index contributed by atoms with van der Waals surface area (Å²) in [4.78, 5) is 0. The molecule has 0 saturated heterocycles. The van der Waals surface area contributed by atoms with Crippen molar-refractivity contribution in [2.24, 2.45) is 7.05 Å². The molecule has 2 rings (SSSR count). The Labute approximate surface area is 110 Å². The van der Waals surface area contributed by atoms with Crippen LogP contribution in [0.1, 0.15) is 52.8 Å². The Morgan fingerprint density at radius 1 is 0.944 bits per heavy atom. The molecule has 0 atom stereocenters. The molecule has 0 radical (unpaired) electrons. The van der Waals surface area contributed by atoms with Gasteiger partial charge in [-0.3, -0.25) is 4.68 Å². The van der Waals surface area contributed by atoms with Gasteiger partial charge in [-0.15, -0.1) is 0 Å². The van der Waals surface area contributed by atoms with Crippen LogP contribution in [0.5, 0.6) is 0 Å². The molecule has 98 valence electrons. The van der Waals surface area contributed by atoms with Gasteiger partial charge >= 0.3 is 0 Å². The Morgan fingerprint density at radius 2 is 1.56 bits per heavy atom. The Balaban J connectivity index is 2.85. The molecule has 1 aromatic heterocycles. The van der Waals surface area contributed by atoms with Crippen molar-refractivity contribution in [3.63, 3.8) is 0 Å². The van der Waals surface area contributed by atoms with Gasteiger partial charge in [-0.05, 0) is 11.0 Å². The molecule has 0 unspecified atom stereocenters. The summed E-state index contributed by atoms with van der Waals surface area (Å²) in [7, 11) is 2.05. The minimum atomic E-state index is 0.0794. The van der Waals surface area contributed by atoms with Crippen LogP contribution in [-0.2, 0) is 17.9 Å². The van der Waals surface area contributed by atoms with E-state index in [9.17, 15) is 0 Å². The number of para-hydroxylation sites is 1. The largest absolute Gasteiger partial charge is 0.267 e. The van der Waals surface area contributed by atoms with E-state index in [2.05, 4.69) is 59.7 Å². The zero-order valence-electron chi connectivity index (χ0n) is 12.6. The van der Waals surface area contributed by atoms with E-state index in [0.717, 1.165) is 0 Å². The van der Waals surface area contributed by atoms with Crippen LogP contribution in [0, 0.1) is 0 Å². The summed E-state index contributed by atoms with van der Waals surface area (Å²) in [6.45, 7) is 13.4. The van der Waals surface area contributed by atoms with Gasteiger partial charge in [0.2, 0.25) is 0 Å². The molecule has 0 amide bonds. The van der Waals surface area contributed by atoms with Crippen LogP contribution >= 0.6 is 0 Å². The van der Waals surface area contributed by atoms with E-state index in [1.165, 1.54) is 22.2 Å². The number of nitrogens with zero attached hydrogens (tertiary/aromatic N) is 2. The van der Waals surface area contributed by atoms with Gasteiger partial charge in [0.1, 0.15) is 0 Å². The van der Waals surface area contributed by atoms with Gasteiger partial charge < -0.3 is 0 Å². The highest BCUT2D eigenvalue weighted by Gasteiger charge is 2.25. The van der Waals surface area contributed by atoms with Crippen molar-refractivity contribution in [3.05, 3.63) is 29.5 Å². The molecule has 1 heterocycles. The predicted molar refractivity (Wildman–Crippen MR) is 78.1 cm³/mol. The third-order valence-electron chi connectivity index (χ3n) is 3.38. The topological polar surface area (TPSA) is 17.8 Å². The summed E-state index contributed by atoms with van der Waals surface area (Å²) in [5, 5.41) is 6.04. The molecule has 0 fully saturated rings. The average Bonchev–Trinajstić information content (AvgIpc) is 2.54. The number of hydrogen-bond donors (Lipinski definition) is 0. The van der Waals surface area contributed by atoms with Crippen LogP contribution in [0.15, 0.2) is 18.2 Å². The summed E-state index contributed by atoms with van der Waals surface area (Å²) in [5.41, 5.74) is 4.05. The zero-order valence-corrected chi connectivity index (χ0v) is 12.6. The fraction of sp³-hybridized carbons (Fsp3) is 0.562. The van der Waals surface area contributed by atoms with Crippen molar-refractivity contribution in [1.82, 2.24) is 9.78 Å². The van der Waals surface area contributed by atoms with Gasteiger partial charge in [0.05, 0.1) is 11.2 Å². The molecule has 2 aromatic rings.